The number of fused-ring (bicyclic) bond motifs is 1. The minimum atomic E-state index is -0.731. The molecule has 4 nitrogen and oxygen atoms in total. The highest BCUT2D eigenvalue weighted by atomic mass is 19.1. The Morgan fingerprint density at radius 3 is 2.94 bits per heavy atom. The molecule has 1 aromatic rings. The largest absolute Gasteiger partial charge is 0.504 e. The minimum absolute atomic E-state index is 0.271. The van der Waals surface area contributed by atoms with Crippen LogP contribution in [0.3, 0.4) is 0 Å². The maximum atomic E-state index is 13.5. The fourth-order valence-corrected chi connectivity index (χ4v) is 1.63. The van der Waals surface area contributed by atoms with E-state index in [1.165, 1.54) is 6.08 Å². The van der Waals surface area contributed by atoms with E-state index < -0.39 is 11.6 Å². The van der Waals surface area contributed by atoms with Crippen LogP contribution in [-0.2, 0) is 0 Å². The molecule has 1 aliphatic rings. The lowest BCUT2D eigenvalue weighted by molar-refractivity contribution is 0.296. The Bertz CT molecular complexity index is 446. The molecule has 0 fully saturated rings. The average Bonchev–Trinajstić information content (AvgIpc) is 2.55. The van der Waals surface area contributed by atoms with Crippen molar-refractivity contribution in [2.75, 3.05) is 19.8 Å². The number of nitrogens with two attached hydrogens (primary N) is 1. The maximum absolute atomic E-state index is 13.5. The lowest BCUT2D eigenvalue weighted by Crippen LogP contribution is -1.98. The molecule has 0 unspecified atom stereocenters. The highest BCUT2D eigenvalue weighted by molar-refractivity contribution is 5.68. The van der Waals surface area contributed by atoms with E-state index in [1.54, 1.807) is 6.08 Å². The van der Waals surface area contributed by atoms with Gasteiger partial charge < -0.3 is 20.3 Å². The van der Waals surface area contributed by atoms with Gasteiger partial charge in [0, 0.05) is 19.0 Å². The maximum Gasteiger partial charge on any atom is 0.172 e. The first-order valence-electron chi connectivity index (χ1n) is 5.41. The van der Waals surface area contributed by atoms with E-state index in [0.29, 0.717) is 31.3 Å². The summed E-state index contributed by atoms with van der Waals surface area (Å²) in [5.74, 6) is -0.495. The van der Waals surface area contributed by atoms with E-state index in [4.69, 9.17) is 15.2 Å². The van der Waals surface area contributed by atoms with Gasteiger partial charge in [-0.3, -0.25) is 0 Å². The number of phenolic OH excluding ortho intramolecular Hbond substituents is 1. The van der Waals surface area contributed by atoms with Crippen molar-refractivity contribution < 1.29 is 19.0 Å². The summed E-state index contributed by atoms with van der Waals surface area (Å²) in [5.41, 5.74) is 5.61. The van der Waals surface area contributed by atoms with Crippen molar-refractivity contribution >= 4 is 6.08 Å². The minimum Gasteiger partial charge on any atom is -0.504 e. The summed E-state index contributed by atoms with van der Waals surface area (Å²) < 4.78 is 24.3. The number of ether oxygens (including phenoxy) is 2. The van der Waals surface area contributed by atoms with Crippen molar-refractivity contribution in [3.8, 4) is 17.2 Å². The van der Waals surface area contributed by atoms with Crippen LogP contribution in [0.1, 0.15) is 12.0 Å². The Morgan fingerprint density at radius 2 is 2.18 bits per heavy atom. The van der Waals surface area contributed by atoms with Crippen LogP contribution in [0.5, 0.6) is 17.2 Å². The fourth-order valence-electron chi connectivity index (χ4n) is 1.63. The Morgan fingerprint density at radius 1 is 1.41 bits per heavy atom. The molecule has 2 rings (SSSR count). The lowest BCUT2D eigenvalue weighted by atomic mass is 10.1. The van der Waals surface area contributed by atoms with E-state index in [2.05, 4.69) is 0 Å². The monoisotopic (exact) mass is 239 g/mol. The lowest BCUT2D eigenvalue weighted by Gasteiger charge is -2.12. The molecule has 1 aliphatic heterocycles. The van der Waals surface area contributed by atoms with Crippen molar-refractivity contribution in [3.63, 3.8) is 0 Å². The second-order valence-corrected chi connectivity index (χ2v) is 3.64. The van der Waals surface area contributed by atoms with Crippen LogP contribution < -0.4 is 15.2 Å². The molecule has 1 aromatic carbocycles. The third-order valence-electron chi connectivity index (χ3n) is 2.42. The van der Waals surface area contributed by atoms with Gasteiger partial charge in [0.25, 0.3) is 0 Å². The van der Waals surface area contributed by atoms with Gasteiger partial charge in [-0.1, -0.05) is 6.08 Å². The number of phenols is 1. The van der Waals surface area contributed by atoms with E-state index in [9.17, 15) is 9.50 Å². The first kappa shape index (κ1) is 11.7. The Labute approximate surface area is 98.5 Å². The summed E-state index contributed by atoms with van der Waals surface area (Å²) in [6.45, 7) is 1.24. The summed E-state index contributed by atoms with van der Waals surface area (Å²) in [4.78, 5) is 0. The summed E-state index contributed by atoms with van der Waals surface area (Å²) in [6.07, 6.45) is 3.87. The van der Waals surface area contributed by atoms with Crippen molar-refractivity contribution in [2.24, 2.45) is 5.73 Å². The molecule has 0 spiro atoms. The Hall–Kier alpha value is -1.75. The van der Waals surface area contributed by atoms with Gasteiger partial charge >= 0.3 is 0 Å². The zero-order chi connectivity index (χ0) is 12.3. The van der Waals surface area contributed by atoms with Crippen molar-refractivity contribution in [3.05, 3.63) is 23.5 Å². The molecular weight excluding hydrogens is 225 g/mol. The van der Waals surface area contributed by atoms with Crippen molar-refractivity contribution in [1.82, 2.24) is 0 Å². The van der Waals surface area contributed by atoms with Gasteiger partial charge in [0.05, 0.1) is 18.8 Å². The van der Waals surface area contributed by atoms with Gasteiger partial charge in [0.15, 0.2) is 23.1 Å². The highest BCUT2D eigenvalue weighted by Gasteiger charge is 2.20. The standard InChI is InChI=1S/C12H14FNO3/c13-9-7-10-12(17-6-2-5-16-10)8(11(9)15)3-1-4-14/h1,3,7,15H,2,4-6,14H2/b3-1+. The van der Waals surface area contributed by atoms with E-state index in [0.717, 1.165) is 12.5 Å². The quantitative estimate of drug-likeness (QED) is 0.823. The molecule has 1 heterocycles. The zero-order valence-corrected chi connectivity index (χ0v) is 9.28. The van der Waals surface area contributed by atoms with Crippen LogP contribution in [0.15, 0.2) is 12.1 Å². The number of halogens is 1. The van der Waals surface area contributed by atoms with Gasteiger partial charge in [-0.2, -0.15) is 0 Å². The molecule has 0 radical (unpaired) electrons. The molecule has 5 heteroatoms. The van der Waals surface area contributed by atoms with E-state index in [-0.39, 0.29) is 5.56 Å². The van der Waals surface area contributed by atoms with E-state index >= 15 is 0 Å². The van der Waals surface area contributed by atoms with Crippen LogP contribution >= 0.6 is 0 Å². The van der Waals surface area contributed by atoms with Crippen LogP contribution in [0.2, 0.25) is 0 Å². The van der Waals surface area contributed by atoms with Crippen LogP contribution in [-0.4, -0.2) is 24.9 Å². The van der Waals surface area contributed by atoms with Crippen LogP contribution in [0.25, 0.3) is 6.08 Å². The predicted octanol–water partition coefficient (Wildman–Crippen LogP) is 1.66. The normalized spacial score (nSPS) is 14.9. The molecule has 3 N–H and O–H groups in total. The molecule has 0 aliphatic carbocycles. The van der Waals surface area contributed by atoms with Gasteiger partial charge in [-0.25, -0.2) is 4.39 Å². The molecule has 0 saturated heterocycles. The van der Waals surface area contributed by atoms with Gasteiger partial charge in [-0.05, 0) is 6.08 Å². The first-order chi connectivity index (χ1) is 8.24. The molecule has 0 amide bonds. The molecule has 17 heavy (non-hydrogen) atoms. The molecule has 0 bridgehead atoms. The highest BCUT2D eigenvalue weighted by Crippen LogP contribution is 2.41. The Kier molecular flexibility index (Phi) is 3.49. The summed E-state index contributed by atoms with van der Waals surface area (Å²) in [5, 5.41) is 9.67. The van der Waals surface area contributed by atoms with Crippen molar-refractivity contribution in [1.29, 1.82) is 0 Å². The second-order valence-electron chi connectivity index (χ2n) is 3.64. The Balaban J connectivity index is 2.53. The molecule has 92 valence electrons. The third-order valence-corrected chi connectivity index (χ3v) is 2.42. The number of benzene rings is 1. The average molecular weight is 239 g/mol. The van der Waals surface area contributed by atoms with E-state index in [1.807, 2.05) is 0 Å². The predicted molar refractivity (Wildman–Crippen MR) is 61.8 cm³/mol. The summed E-state index contributed by atoms with van der Waals surface area (Å²) in [6, 6.07) is 1.13. The van der Waals surface area contributed by atoms with Gasteiger partial charge in [0.2, 0.25) is 0 Å². The zero-order valence-electron chi connectivity index (χ0n) is 9.28. The molecule has 0 saturated carbocycles. The van der Waals surface area contributed by atoms with Gasteiger partial charge in [0.1, 0.15) is 0 Å². The molecule has 0 atom stereocenters. The molecular formula is C12H14FNO3. The number of aromatic hydroxyl groups is 1. The number of hydrogen-bond donors (Lipinski definition) is 2. The topological polar surface area (TPSA) is 64.7 Å². The van der Waals surface area contributed by atoms with Crippen LogP contribution in [0, 0.1) is 5.82 Å². The third kappa shape index (κ3) is 2.34. The number of hydrogen-bond acceptors (Lipinski definition) is 4. The van der Waals surface area contributed by atoms with Gasteiger partial charge in [-0.15, -0.1) is 0 Å². The second kappa shape index (κ2) is 5.05. The SMILES string of the molecule is NC/C=C/c1c(O)c(F)cc2c1OCCCO2. The number of rotatable bonds is 2. The molecule has 0 aromatic heterocycles. The van der Waals surface area contributed by atoms with Crippen molar-refractivity contribution in [2.45, 2.75) is 6.42 Å². The first-order valence-corrected chi connectivity index (χ1v) is 5.41. The fraction of sp³-hybridized carbons (Fsp3) is 0.333. The summed E-state index contributed by atoms with van der Waals surface area (Å²) >= 11 is 0. The van der Waals surface area contributed by atoms with Crippen LogP contribution in [0.4, 0.5) is 4.39 Å². The smallest absolute Gasteiger partial charge is 0.172 e. The summed E-state index contributed by atoms with van der Waals surface area (Å²) in [7, 11) is 0.